The fourth-order valence-corrected chi connectivity index (χ4v) is 3.04. The third-order valence-corrected chi connectivity index (χ3v) is 4.41. The van der Waals surface area contributed by atoms with Crippen LogP contribution in [0.2, 0.25) is 0 Å². The Balaban J connectivity index is 1.54. The number of ether oxygens (including phenoxy) is 1. The number of fused-ring (bicyclic) bond motifs is 1. The molecule has 3 aromatic heterocycles. The SMILES string of the molecule is Cc1nn(C2CCOCC2)cc1C(=O)Nc1cc2cc[nH]c2cn1. The maximum absolute atomic E-state index is 12.6. The van der Waals surface area contributed by atoms with Gasteiger partial charge < -0.3 is 15.0 Å². The van der Waals surface area contributed by atoms with Crippen molar-refractivity contribution in [2.24, 2.45) is 0 Å². The number of nitrogens with one attached hydrogen (secondary N) is 2. The van der Waals surface area contributed by atoms with E-state index in [0.717, 1.165) is 42.7 Å². The summed E-state index contributed by atoms with van der Waals surface area (Å²) in [5.74, 6) is 0.346. The van der Waals surface area contributed by atoms with E-state index < -0.39 is 0 Å². The van der Waals surface area contributed by atoms with Crippen molar-refractivity contribution in [2.45, 2.75) is 25.8 Å². The largest absolute Gasteiger partial charge is 0.381 e. The van der Waals surface area contributed by atoms with Crippen LogP contribution in [0.5, 0.6) is 0 Å². The average Bonchev–Trinajstić information content (AvgIpc) is 3.21. The zero-order valence-electron chi connectivity index (χ0n) is 13.5. The van der Waals surface area contributed by atoms with Crippen molar-refractivity contribution in [1.29, 1.82) is 0 Å². The molecule has 4 heterocycles. The van der Waals surface area contributed by atoms with E-state index in [-0.39, 0.29) is 5.91 Å². The van der Waals surface area contributed by atoms with Crippen molar-refractivity contribution in [2.75, 3.05) is 18.5 Å². The van der Waals surface area contributed by atoms with Crippen LogP contribution in [0.15, 0.2) is 30.7 Å². The zero-order valence-corrected chi connectivity index (χ0v) is 13.5. The summed E-state index contributed by atoms with van der Waals surface area (Å²) in [6, 6.07) is 4.09. The Morgan fingerprint density at radius 1 is 1.42 bits per heavy atom. The monoisotopic (exact) mass is 325 g/mol. The van der Waals surface area contributed by atoms with Gasteiger partial charge in [0.05, 0.1) is 29.0 Å². The lowest BCUT2D eigenvalue weighted by molar-refractivity contribution is 0.0661. The lowest BCUT2D eigenvalue weighted by Gasteiger charge is -2.22. The van der Waals surface area contributed by atoms with Gasteiger partial charge in [-0.2, -0.15) is 5.10 Å². The van der Waals surface area contributed by atoms with Gasteiger partial charge in [-0.3, -0.25) is 9.48 Å². The Morgan fingerprint density at radius 3 is 3.08 bits per heavy atom. The van der Waals surface area contributed by atoms with Gasteiger partial charge >= 0.3 is 0 Å². The van der Waals surface area contributed by atoms with E-state index in [1.54, 1.807) is 6.20 Å². The smallest absolute Gasteiger partial charge is 0.260 e. The number of pyridine rings is 1. The van der Waals surface area contributed by atoms with Gasteiger partial charge in [-0.1, -0.05) is 0 Å². The highest BCUT2D eigenvalue weighted by molar-refractivity contribution is 6.05. The minimum absolute atomic E-state index is 0.187. The molecule has 24 heavy (non-hydrogen) atoms. The van der Waals surface area contributed by atoms with Gasteiger partial charge in [0.15, 0.2) is 0 Å². The quantitative estimate of drug-likeness (QED) is 0.775. The number of H-pyrrole nitrogens is 1. The standard InChI is InChI=1S/C17H19N5O2/c1-11-14(10-22(21-11)13-3-6-24-7-4-13)17(23)20-16-8-12-2-5-18-15(12)9-19-16/h2,5,8-10,13,18H,3-4,6-7H2,1H3,(H,19,20,23). The number of aromatic amines is 1. The molecule has 0 radical (unpaired) electrons. The van der Waals surface area contributed by atoms with Crippen molar-refractivity contribution in [3.8, 4) is 0 Å². The summed E-state index contributed by atoms with van der Waals surface area (Å²) in [7, 11) is 0. The molecule has 1 fully saturated rings. The summed E-state index contributed by atoms with van der Waals surface area (Å²) in [6.45, 7) is 3.34. The summed E-state index contributed by atoms with van der Waals surface area (Å²) < 4.78 is 7.28. The predicted molar refractivity (Wildman–Crippen MR) is 90.1 cm³/mol. The number of rotatable bonds is 3. The Labute approximate surface area is 139 Å². The van der Waals surface area contributed by atoms with Gasteiger partial charge in [0.25, 0.3) is 5.91 Å². The van der Waals surface area contributed by atoms with Gasteiger partial charge in [-0.25, -0.2) is 4.98 Å². The van der Waals surface area contributed by atoms with Crippen molar-refractivity contribution >= 4 is 22.6 Å². The van der Waals surface area contributed by atoms with Crippen molar-refractivity contribution in [1.82, 2.24) is 19.7 Å². The first-order valence-electron chi connectivity index (χ1n) is 8.09. The number of anilines is 1. The van der Waals surface area contributed by atoms with E-state index in [2.05, 4.69) is 20.4 Å². The second-order valence-corrected chi connectivity index (χ2v) is 6.04. The first-order chi connectivity index (χ1) is 11.7. The Hall–Kier alpha value is -2.67. The van der Waals surface area contributed by atoms with Crippen LogP contribution in [0.3, 0.4) is 0 Å². The van der Waals surface area contributed by atoms with E-state index in [4.69, 9.17) is 4.74 Å². The molecule has 1 aliphatic heterocycles. The van der Waals surface area contributed by atoms with Gasteiger partial charge in [-0.05, 0) is 31.9 Å². The van der Waals surface area contributed by atoms with Crippen LogP contribution in [0.4, 0.5) is 5.82 Å². The van der Waals surface area contributed by atoms with Crippen LogP contribution in [0.25, 0.3) is 10.9 Å². The molecule has 0 spiro atoms. The molecule has 2 N–H and O–H groups in total. The molecule has 4 rings (SSSR count). The molecule has 1 amide bonds. The number of hydrogen-bond acceptors (Lipinski definition) is 4. The van der Waals surface area contributed by atoms with E-state index in [0.29, 0.717) is 17.4 Å². The molecule has 0 saturated carbocycles. The van der Waals surface area contributed by atoms with Gasteiger partial charge in [0.1, 0.15) is 5.82 Å². The summed E-state index contributed by atoms with van der Waals surface area (Å²) in [4.78, 5) is 19.9. The summed E-state index contributed by atoms with van der Waals surface area (Å²) in [6.07, 6.45) is 7.24. The van der Waals surface area contributed by atoms with Crippen molar-refractivity contribution in [3.05, 3.63) is 42.0 Å². The number of hydrogen-bond donors (Lipinski definition) is 2. The second-order valence-electron chi connectivity index (χ2n) is 6.04. The van der Waals surface area contributed by atoms with Crippen LogP contribution in [-0.4, -0.2) is 38.9 Å². The zero-order chi connectivity index (χ0) is 16.5. The average molecular weight is 325 g/mol. The maximum atomic E-state index is 12.6. The fourth-order valence-electron chi connectivity index (χ4n) is 3.04. The number of aryl methyl sites for hydroxylation is 1. The van der Waals surface area contributed by atoms with Gasteiger partial charge in [0, 0.05) is 31.0 Å². The third kappa shape index (κ3) is 2.78. The number of nitrogens with zero attached hydrogens (tertiary/aromatic N) is 3. The molecule has 0 atom stereocenters. The summed E-state index contributed by atoms with van der Waals surface area (Å²) in [5.41, 5.74) is 2.25. The highest BCUT2D eigenvalue weighted by atomic mass is 16.5. The van der Waals surface area contributed by atoms with Gasteiger partial charge in [0.2, 0.25) is 0 Å². The van der Waals surface area contributed by atoms with Crippen LogP contribution in [0.1, 0.15) is 34.9 Å². The number of amides is 1. The van der Waals surface area contributed by atoms with Crippen molar-refractivity contribution in [3.63, 3.8) is 0 Å². The molecule has 0 aliphatic carbocycles. The van der Waals surface area contributed by atoms with E-state index >= 15 is 0 Å². The van der Waals surface area contributed by atoms with Gasteiger partial charge in [-0.15, -0.1) is 0 Å². The molecule has 3 aromatic rings. The first kappa shape index (κ1) is 14.9. The predicted octanol–water partition coefficient (Wildman–Crippen LogP) is 2.67. The Bertz CT molecular complexity index is 876. The minimum Gasteiger partial charge on any atom is -0.381 e. The minimum atomic E-state index is -0.187. The molecule has 0 aromatic carbocycles. The topological polar surface area (TPSA) is 84.8 Å². The van der Waals surface area contributed by atoms with E-state index in [9.17, 15) is 4.79 Å². The molecule has 1 aliphatic rings. The molecule has 1 saturated heterocycles. The molecular formula is C17H19N5O2. The lowest BCUT2D eigenvalue weighted by Crippen LogP contribution is -2.20. The number of carbonyl (C=O) groups excluding carboxylic acids is 1. The van der Waals surface area contributed by atoms with Crippen LogP contribution in [-0.2, 0) is 4.74 Å². The third-order valence-electron chi connectivity index (χ3n) is 4.41. The van der Waals surface area contributed by atoms with Crippen LogP contribution >= 0.6 is 0 Å². The Kier molecular flexibility index (Phi) is 3.78. The molecule has 7 heteroatoms. The molecule has 7 nitrogen and oxygen atoms in total. The molecule has 0 bridgehead atoms. The normalized spacial score (nSPS) is 15.7. The molecule has 124 valence electrons. The highest BCUT2D eigenvalue weighted by Gasteiger charge is 2.20. The van der Waals surface area contributed by atoms with Crippen LogP contribution < -0.4 is 5.32 Å². The number of aromatic nitrogens is 4. The van der Waals surface area contributed by atoms with Crippen LogP contribution in [0, 0.1) is 6.92 Å². The summed E-state index contributed by atoms with van der Waals surface area (Å²) >= 11 is 0. The number of carbonyl (C=O) groups is 1. The van der Waals surface area contributed by atoms with E-state index in [1.165, 1.54) is 0 Å². The molecular weight excluding hydrogens is 306 g/mol. The highest BCUT2D eigenvalue weighted by Crippen LogP contribution is 2.22. The maximum Gasteiger partial charge on any atom is 0.260 e. The molecule has 0 unspecified atom stereocenters. The van der Waals surface area contributed by atoms with Crippen molar-refractivity contribution < 1.29 is 9.53 Å². The van der Waals surface area contributed by atoms with E-state index in [1.807, 2.05) is 36.1 Å². The fraction of sp³-hybridized carbons (Fsp3) is 0.353. The second kappa shape index (κ2) is 6.09. The first-order valence-corrected chi connectivity index (χ1v) is 8.09. The Morgan fingerprint density at radius 2 is 2.25 bits per heavy atom. The summed E-state index contributed by atoms with van der Waals surface area (Å²) in [5, 5.41) is 8.38. The lowest BCUT2D eigenvalue weighted by atomic mass is 10.1.